The maximum absolute atomic E-state index is 12.9. The van der Waals surface area contributed by atoms with Gasteiger partial charge in [0.2, 0.25) is 0 Å². The predicted molar refractivity (Wildman–Crippen MR) is 96.0 cm³/mol. The lowest BCUT2D eigenvalue weighted by molar-refractivity contribution is -0.137. The molecule has 0 saturated carbocycles. The van der Waals surface area contributed by atoms with Gasteiger partial charge in [0.25, 0.3) is 11.8 Å². The van der Waals surface area contributed by atoms with E-state index < -0.39 is 0 Å². The first kappa shape index (κ1) is 17.5. The third-order valence-electron chi connectivity index (χ3n) is 4.97. The molecule has 1 fully saturated rings. The van der Waals surface area contributed by atoms with Crippen LogP contribution in [0.3, 0.4) is 0 Å². The fourth-order valence-corrected chi connectivity index (χ4v) is 3.53. The van der Waals surface area contributed by atoms with Crippen molar-refractivity contribution in [3.8, 4) is 5.75 Å². The maximum Gasteiger partial charge on any atom is 0.277 e. The van der Waals surface area contributed by atoms with Crippen LogP contribution in [0.2, 0.25) is 0 Å². The number of likely N-dealkylation sites (N-methyl/N-ethyl adjacent to an activating group) is 2. The summed E-state index contributed by atoms with van der Waals surface area (Å²) in [5.74, 6) is 0.185. The van der Waals surface area contributed by atoms with E-state index in [9.17, 15) is 9.59 Å². The normalized spacial score (nSPS) is 19.2. The lowest BCUT2D eigenvalue weighted by atomic mass is 10.0. The molecule has 6 heteroatoms. The van der Waals surface area contributed by atoms with E-state index in [-0.39, 0.29) is 11.8 Å². The quantitative estimate of drug-likeness (QED) is 0.757. The number of para-hydroxylation sites is 1. The molecule has 0 bridgehead atoms. The van der Waals surface area contributed by atoms with E-state index in [1.54, 1.807) is 7.11 Å². The summed E-state index contributed by atoms with van der Waals surface area (Å²) in [6, 6.07) is 7.40. The second-order valence-corrected chi connectivity index (χ2v) is 6.20. The number of rotatable bonds is 5. The van der Waals surface area contributed by atoms with Gasteiger partial charge in [-0.2, -0.15) is 0 Å². The van der Waals surface area contributed by atoms with Gasteiger partial charge in [0.15, 0.2) is 0 Å². The zero-order chi connectivity index (χ0) is 18.0. The standard InChI is InChI=1S/C19H25N3O3/c1-4-20-10-12-21(13-11-20)17-16(18(23)22(5-2)19(17)24)14-8-6-7-9-15(14)25-3/h6-9H,4-5,10-13H2,1-3H3. The van der Waals surface area contributed by atoms with Crippen LogP contribution >= 0.6 is 0 Å². The third-order valence-corrected chi connectivity index (χ3v) is 4.97. The number of hydrogen-bond donors (Lipinski definition) is 0. The Labute approximate surface area is 148 Å². The molecule has 134 valence electrons. The number of benzene rings is 1. The number of amides is 2. The van der Waals surface area contributed by atoms with Crippen LogP contribution in [0, 0.1) is 0 Å². The minimum absolute atomic E-state index is 0.196. The van der Waals surface area contributed by atoms with E-state index in [2.05, 4.69) is 16.7 Å². The van der Waals surface area contributed by atoms with Gasteiger partial charge in [-0.25, -0.2) is 0 Å². The van der Waals surface area contributed by atoms with E-state index >= 15 is 0 Å². The maximum atomic E-state index is 12.9. The van der Waals surface area contributed by atoms with Gasteiger partial charge < -0.3 is 14.5 Å². The Bertz CT molecular complexity index is 706. The molecule has 25 heavy (non-hydrogen) atoms. The number of piperazine rings is 1. The smallest absolute Gasteiger partial charge is 0.277 e. The van der Waals surface area contributed by atoms with Crippen molar-refractivity contribution in [2.45, 2.75) is 13.8 Å². The van der Waals surface area contributed by atoms with E-state index in [0.717, 1.165) is 32.7 Å². The highest BCUT2D eigenvalue weighted by Crippen LogP contribution is 2.36. The molecular weight excluding hydrogens is 318 g/mol. The van der Waals surface area contributed by atoms with E-state index in [4.69, 9.17) is 4.74 Å². The topological polar surface area (TPSA) is 53.1 Å². The largest absolute Gasteiger partial charge is 0.496 e. The van der Waals surface area contributed by atoms with Crippen molar-refractivity contribution in [2.24, 2.45) is 0 Å². The average Bonchev–Trinajstić information content (AvgIpc) is 2.91. The molecule has 0 aromatic heterocycles. The van der Waals surface area contributed by atoms with Crippen molar-refractivity contribution in [3.05, 3.63) is 35.5 Å². The van der Waals surface area contributed by atoms with Gasteiger partial charge in [-0.1, -0.05) is 25.1 Å². The Morgan fingerprint density at radius 2 is 1.64 bits per heavy atom. The molecule has 0 radical (unpaired) electrons. The van der Waals surface area contributed by atoms with Crippen LogP contribution in [-0.4, -0.2) is 72.9 Å². The van der Waals surface area contributed by atoms with E-state index in [1.165, 1.54) is 4.90 Å². The van der Waals surface area contributed by atoms with Gasteiger partial charge >= 0.3 is 0 Å². The van der Waals surface area contributed by atoms with Gasteiger partial charge in [-0.15, -0.1) is 0 Å². The number of carbonyl (C=O) groups is 2. The molecule has 0 spiro atoms. The van der Waals surface area contributed by atoms with Crippen molar-refractivity contribution < 1.29 is 14.3 Å². The number of hydrogen-bond acceptors (Lipinski definition) is 5. The van der Waals surface area contributed by atoms with Crippen LogP contribution in [-0.2, 0) is 9.59 Å². The van der Waals surface area contributed by atoms with Gasteiger partial charge in [0, 0.05) is 38.3 Å². The molecule has 6 nitrogen and oxygen atoms in total. The molecule has 0 unspecified atom stereocenters. The molecule has 2 amide bonds. The zero-order valence-electron chi connectivity index (χ0n) is 15.1. The second kappa shape index (κ2) is 7.27. The summed E-state index contributed by atoms with van der Waals surface area (Å²) in [7, 11) is 1.58. The Hall–Kier alpha value is -2.34. The third kappa shape index (κ3) is 3.02. The van der Waals surface area contributed by atoms with Gasteiger partial charge in [0.05, 0.1) is 12.7 Å². The summed E-state index contributed by atoms with van der Waals surface area (Å²) in [5.41, 5.74) is 1.67. The molecule has 2 aliphatic heterocycles. The van der Waals surface area contributed by atoms with E-state index in [0.29, 0.717) is 29.1 Å². The Kier molecular flexibility index (Phi) is 5.08. The summed E-state index contributed by atoms with van der Waals surface area (Å²) < 4.78 is 5.44. The van der Waals surface area contributed by atoms with Crippen molar-refractivity contribution in [2.75, 3.05) is 46.4 Å². The number of methoxy groups -OCH3 is 1. The van der Waals surface area contributed by atoms with Crippen LogP contribution in [0.15, 0.2) is 30.0 Å². The van der Waals surface area contributed by atoms with Crippen LogP contribution < -0.4 is 4.74 Å². The first-order valence-corrected chi connectivity index (χ1v) is 8.83. The number of carbonyl (C=O) groups excluding carboxylic acids is 2. The fourth-order valence-electron chi connectivity index (χ4n) is 3.53. The molecule has 2 heterocycles. The van der Waals surface area contributed by atoms with Crippen molar-refractivity contribution in [3.63, 3.8) is 0 Å². The SMILES string of the molecule is CCN1CCN(C2=C(c3ccccc3OC)C(=O)N(CC)C2=O)CC1. The van der Waals surface area contributed by atoms with Gasteiger partial charge in [0.1, 0.15) is 11.4 Å². The number of ether oxygens (including phenoxy) is 1. The summed E-state index contributed by atoms with van der Waals surface area (Å²) >= 11 is 0. The molecule has 1 saturated heterocycles. The van der Waals surface area contributed by atoms with Crippen LogP contribution in [0.1, 0.15) is 19.4 Å². The molecular formula is C19H25N3O3. The highest BCUT2D eigenvalue weighted by atomic mass is 16.5. The monoisotopic (exact) mass is 343 g/mol. The Morgan fingerprint density at radius 3 is 2.24 bits per heavy atom. The Balaban J connectivity index is 2.06. The number of nitrogens with zero attached hydrogens (tertiary/aromatic N) is 3. The summed E-state index contributed by atoms with van der Waals surface area (Å²) in [6.45, 7) is 8.62. The molecule has 2 aliphatic rings. The summed E-state index contributed by atoms with van der Waals surface area (Å²) in [4.78, 5) is 31.6. The lowest BCUT2D eigenvalue weighted by Crippen LogP contribution is -2.47. The first-order valence-electron chi connectivity index (χ1n) is 8.83. The predicted octanol–water partition coefficient (Wildman–Crippen LogP) is 1.43. The summed E-state index contributed by atoms with van der Waals surface area (Å²) in [6.07, 6.45) is 0. The second-order valence-electron chi connectivity index (χ2n) is 6.20. The minimum Gasteiger partial charge on any atom is -0.496 e. The first-order chi connectivity index (χ1) is 12.1. The lowest BCUT2D eigenvalue weighted by Gasteiger charge is -2.36. The highest BCUT2D eigenvalue weighted by molar-refractivity contribution is 6.36. The fraction of sp³-hybridized carbons (Fsp3) is 0.474. The molecule has 1 aromatic carbocycles. The minimum atomic E-state index is -0.232. The molecule has 1 aromatic rings. The van der Waals surface area contributed by atoms with Crippen LogP contribution in [0.4, 0.5) is 0 Å². The van der Waals surface area contributed by atoms with Crippen molar-refractivity contribution in [1.82, 2.24) is 14.7 Å². The molecule has 0 N–H and O–H groups in total. The number of imide groups is 1. The molecule has 3 rings (SSSR count). The highest BCUT2D eigenvalue weighted by Gasteiger charge is 2.42. The Morgan fingerprint density at radius 1 is 0.960 bits per heavy atom. The van der Waals surface area contributed by atoms with E-state index in [1.807, 2.05) is 31.2 Å². The van der Waals surface area contributed by atoms with Crippen LogP contribution in [0.5, 0.6) is 5.75 Å². The molecule has 0 atom stereocenters. The summed E-state index contributed by atoms with van der Waals surface area (Å²) in [5, 5.41) is 0. The average molecular weight is 343 g/mol. The zero-order valence-corrected chi connectivity index (χ0v) is 15.1. The van der Waals surface area contributed by atoms with Crippen molar-refractivity contribution in [1.29, 1.82) is 0 Å². The molecule has 0 aliphatic carbocycles. The van der Waals surface area contributed by atoms with Gasteiger partial charge in [-0.3, -0.25) is 14.5 Å². The van der Waals surface area contributed by atoms with Crippen LogP contribution in [0.25, 0.3) is 5.57 Å². The van der Waals surface area contributed by atoms with Crippen molar-refractivity contribution >= 4 is 17.4 Å². The van der Waals surface area contributed by atoms with Gasteiger partial charge in [-0.05, 0) is 19.5 Å².